The molecule has 0 aromatic carbocycles. The molecule has 0 saturated carbocycles. The number of carbonyl (C=O) groups is 1. The van der Waals surface area contributed by atoms with E-state index in [2.05, 4.69) is 20.9 Å². The van der Waals surface area contributed by atoms with Crippen molar-refractivity contribution in [2.45, 2.75) is 0 Å². The van der Waals surface area contributed by atoms with E-state index in [9.17, 15) is 4.79 Å². The zero-order valence-corrected chi connectivity index (χ0v) is 8.11. The minimum atomic E-state index is -2.52. The second-order valence-corrected chi connectivity index (χ2v) is 3.06. The molecule has 1 amide bonds. The molecule has 0 aliphatic carbocycles. The molecule has 0 radical (unpaired) electrons. The number of amides is 1. The lowest BCUT2D eigenvalue weighted by Crippen LogP contribution is -2.18. The van der Waals surface area contributed by atoms with Gasteiger partial charge in [0.2, 0.25) is 0 Å². The molecule has 0 atom stereocenters. The van der Waals surface area contributed by atoms with Gasteiger partial charge in [0.05, 0.1) is 5.56 Å². The van der Waals surface area contributed by atoms with Crippen LogP contribution in [0, 0.1) is 0 Å². The van der Waals surface area contributed by atoms with Gasteiger partial charge in [0.25, 0.3) is 5.91 Å². The Kier molecular flexibility index (Phi) is 1.91. The molecule has 1 N–H and O–H groups in total. The largest absolute Gasteiger partial charge is 0.355 e. The minimum absolute atomic E-state index is 0.121. The van der Waals surface area contributed by atoms with Gasteiger partial charge in [-0.25, -0.2) is 4.98 Å². The predicted molar refractivity (Wildman–Crippen MR) is 50.3 cm³/mol. The molecule has 3 nitrogen and oxygen atoms in total. The van der Waals surface area contributed by atoms with Crippen LogP contribution in [-0.4, -0.2) is 17.9 Å². The summed E-state index contributed by atoms with van der Waals surface area (Å²) in [5.74, 6) is -0.731. The highest BCUT2D eigenvalue weighted by atomic mass is 79.9. The van der Waals surface area contributed by atoms with Gasteiger partial charge in [-0.15, -0.1) is 0 Å². The van der Waals surface area contributed by atoms with Gasteiger partial charge in [-0.1, -0.05) is 11.6 Å². The molecule has 12 heavy (non-hydrogen) atoms. The molecule has 5 heteroatoms. The van der Waals surface area contributed by atoms with Crippen molar-refractivity contribution in [3.63, 3.8) is 0 Å². The van der Waals surface area contributed by atoms with Crippen molar-refractivity contribution >= 4 is 33.4 Å². The maximum Gasteiger partial charge on any atom is 0.253 e. The summed E-state index contributed by atoms with van der Waals surface area (Å²) in [6.07, 6.45) is 0. The summed E-state index contributed by atoms with van der Waals surface area (Å²) in [7, 11) is 0. The SMILES string of the molecule is [2H]C([2H])([2H])NC(=O)c1ccc(Cl)nc1Br. The summed E-state index contributed by atoms with van der Waals surface area (Å²) in [4.78, 5) is 15.2. The summed E-state index contributed by atoms with van der Waals surface area (Å²) in [6, 6.07) is 2.79. The second-order valence-electron chi connectivity index (χ2n) is 1.93. The molecule has 1 aromatic heterocycles. The number of nitrogens with one attached hydrogen (secondary N) is 1. The molecule has 0 fully saturated rings. The van der Waals surface area contributed by atoms with Crippen LogP contribution >= 0.6 is 27.5 Å². The highest BCUT2D eigenvalue weighted by Crippen LogP contribution is 2.16. The van der Waals surface area contributed by atoms with Crippen LogP contribution in [0.4, 0.5) is 0 Å². The molecule has 0 spiro atoms. The van der Waals surface area contributed by atoms with Crippen LogP contribution < -0.4 is 5.32 Å². The molecular weight excluding hydrogens is 243 g/mol. The number of halogens is 2. The third-order valence-electron chi connectivity index (χ3n) is 1.17. The molecular formula is C7H6BrClN2O. The van der Waals surface area contributed by atoms with E-state index >= 15 is 0 Å². The molecule has 0 saturated heterocycles. The van der Waals surface area contributed by atoms with Crippen molar-refractivity contribution in [1.82, 2.24) is 10.3 Å². The molecule has 1 aromatic rings. The zero-order chi connectivity index (χ0) is 11.6. The maximum atomic E-state index is 11.4. The number of hydrogen-bond donors (Lipinski definition) is 1. The van der Waals surface area contributed by atoms with Gasteiger partial charge >= 0.3 is 0 Å². The monoisotopic (exact) mass is 251 g/mol. The van der Waals surface area contributed by atoms with Crippen molar-refractivity contribution in [1.29, 1.82) is 0 Å². The fraction of sp³-hybridized carbons (Fsp3) is 0.143. The minimum Gasteiger partial charge on any atom is -0.355 e. The molecule has 0 aliphatic heterocycles. The van der Waals surface area contributed by atoms with E-state index in [1.807, 2.05) is 5.32 Å². The second kappa shape index (κ2) is 3.87. The van der Waals surface area contributed by atoms with Crippen molar-refractivity contribution < 1.29 is 8.91 Å². The van der Waals surface area contributed by atoms with E-state index < -0.39 is 12.9 Å². The number of hydrogen-bond acceptors (Lipinski definition) is 2. The van der Waals surface area contributed by atoms with Crippen LogP contribution in [0.5, 0.6) is 0 Å². The summed E-state index contributed by atoms with van der Waals surface area (Å²) < 4.78 is 20.8. The zero-order valence-electron chi connectivity index (χ0n) is 8.77. The summed E-state index contributed by atoms with van der Waals surface area (Å²) in [5.41, 5.74) is 0.121. The lowest BCUT2D eigenvalue weighted by atomic mass is 10.3. The fourth-order valence-electron chi connectivity index (χ4n) is 0.649. The third kappa shape index (κ3) is 1.95. The van der Waals surface area contributed by atoms with Gasteiger partial charge in [-0.05, 0) is 28.1 Å². The first-order valence-corrected chi connectivity index (χ1v) is 4.11. The molecule has 1 heterocycles. The molecule has 0 bridgehead atoms. The normalized spacial score (nSPS) is 14.3. The average Bonchev–Trinajstić information content (AvgIpc) is 1.99. The number of nitrogens with zero attached hydrogens (tertiary/aromatic N) is 1. The molecule has 0 aliphatic rings. The molecule has 0 unspecified atom stereocenters. The van der Waals surface area contributed by atoms with Gasteiger partial charge in [0.1, 0.15) is 9.76 Å². The first-order chi connectivity index (χ1) is 6.79. The van der Waals surface area contributed by atoms with Crippen molar-refractivity contribution in [2.24, 2.45) is 0 Å². The summed E-state index contributed by atoms with van der Waals surface area (Å²) in [6.45, 7) is -2.52. The molecule has 1 rings (SSSR count). The van der Waals surface area contributed by atoms with E-state index in [4.69, 9.17) is 15.7 Å². The number of carbonyl (C=O) groups excluding carboxylic acids is 1. The number of pyridine rings is 1. The van der Waals surface area contributed by atoms with Crippen LogP contribution in [0.3, 0.4) is 0 Å². The number of rotatable bonds is 1. The topological polar surface area (TPSA) is 42.0 Å². The summed E-state index contributed by atoms with van der Waals surface area (Å²) in [5, 5.41) is 2.06. The standard InChI is InChI=1S/C7H6BrClN2O/c1-10-7(12)4-2-3-5(9)11-6(4)8/h2-3H,1H3,(H,10,12)/i1D3. The Hall–Kier alpha value is -0.610. The Morgan fingerprint density at radius 1 is 1.83 bits per heavy atom. The van der Waals surface area contributed by atoms with Crippen LogP contribution in [0.15, 0.2) is 16.7 Å². The Bertz CT molecular complexity index is 396. The maximum absolute atomic E-state index is 11.4. The first kappa shape index (κ1) is 5.94. The van der Waals surface area contributed by atoms with Gasteiger partial charge in [0.15, 0.2) is 0 Å². The van der Waals surface area contributed by atoms with E-state index in [1.165, 1.54) is 12.1 Å². The van der Waals surface area contributed by atoms with Crippen LogP contribution in [0.2, 0.25) is 5.15 Å². The van der Waals surface area contributed by atoms with Crippen molar-refractivity contribution in [3.05, 3.63) is 27.5 Å². The van der Waals surface area contributed by atoms with Crippen LogP contribution in [0.1, 0.15) is 14.5 Å². The lowest BCUT2D eigenvalue weighted by Gasteiger charge is -2.01. The van der Waals surface area contributed by atoms with Crippen molar-refractivity contribution in [3.8, 4) is 0 Å². The fourth-order valence-corrected chi connectivity index (χ4v) is 1.40. The smallest absolute Gasteiger partial charge is 0.253 e. The van der Waals surface area contributed by atoms with Gasteiger partial charge < -0.3 is 5.32 Å². The van der Waals surface area contributed by atoms with Gasteiger partial charge in [-0.2, -0.15) is 0 Å². The lowest BCUT2D eigenvalue weighted by molar-refractivity contribution is 0.0962. The van der Waals surface area contributed by atoms with Gasteiger partial charge in [0, 0.05) is 11.1 Å². The Balaban J connectivity index is 2.92. The van der Waals surface area contributed by atoms with E-state index in [0.717, 1.165) is 0 Å². The average molecular weight is 253 g/mol. The van der Waals surface area contributed by atoms with E-state index in [1.54, 1.807) is 0 Å². The van der Waals surface area contributed by atoms with Gasteiger partial charge in [-0.3, -0.25) is 4.79 Å². The van der Waals surface area contributed by atoms with Crippen LogP contribution in [-0.2, 0) is 0 Å². The Morgan fingerprint density at radius 3 is 3.17 bits per heavy atom. The van der Waals surface area contributed by atoms with Crippen LogP contribution in [0.25, 0.3) is 0 Å². The highest BCUT2D eigenvalue weighted by Gasteiger charge is 2.08. The predicted octanol–water partition coefficient (Wildman–Crippen LogP) is 1.86. The third-order valence-corrected chi connectivity index (χ3v) is 1.99. The Labute approximate surface area is 87.5 Å². The Morgan fingerprint density at radius 2 is 2.58 bits per heavy atom. The first-order valence-electron chi connectivity index (χ1n) is 4.44. The quantitative estimate of drug-likeness (QED) is 0.775. The van der Waals surface area contributed by atoms with E-state index in [-0.39, 0.29) is 15.3 Å². The summed E-state index contributed by atoms with van der Waals surface area (Å²) >= 11 is 8.59. The number of aromatic nitrogens is 1. The molecule has 64 valence electrons. The van der Waals surface area contributed by atoms with E-state index in [0.29, 0.717) is 0 Å². The highest BCUT2D eigenvalue weighted by molar-refractivity contribution is 9.10. The van der Waals surface area contributed by atoms with Crippen molar-refractivity contribution in [2.75, 3.05) is 6.98 Å².